The Hall–Kier alpha value is -0.740. The highest BCUT2D eigenvalue weighted by molar-refractivity contribution is 14.1. The highest BCUT2D eigenvalue weighted by Crippen LogP contribution is 2.30. The third kappa shape index (κ3) is 3.63. The molecule has 0 radical (unpaired) electrons. The van der Waals surface area contributed by atoms with Crippen LogP contribution in [0.15, 0.2) is 42.5 Å². The van der Waals surface area contributed by atoms with Crippen molar-refractivity contribution in [1.29, 1.82) is 0 Å². The Balaban J connectivity index is 2.15. The molecule has 0 heterocycles. The Labute approximate surface area is 133 Å². The van der Waals surface area contributed by atoms with E-state index in [4.69, 9.17) is 16.3 Å². The van der Waals surface area contributed by atoms with Gasteiger partial charge in [0.05, 0.1) is 12.5 Å². The second kappa shape index (κ2) is 6.62. The zero-order valence-electron chi connectivity index (χ0n) is 11.0. The molecule has 100 valence electrons. The number of hydrogen-bond acceptors (Lipinski definition) is 1. The number of halogens is 2. The lowest BCUT2D eigenvalue weighted by atomic mass is 10.0. The standard InChI is InChI=1S/C16H16ClIO/c1-11-4-3-5-14(16(11)18)15(17)10-12-6-8-13(19-2)9-7-12/h3-9,15H,10H2,1-2H3. The highest BCUT2D eigenvalue weighted by Gasteiger charge is 2.13. The molecule has 1 atom stereocenters. The molecule has 0 fully saturated rings. The summed E-state index contributed by atoms with van der Waals surface area (Å²) in [5, 5.41) is 0.000180. The summed E-state index contributed by atoms with van der Waals surface area (Å²) in [5.41, 5.74) is 3.70. The lowest BCUT2D eigenvalue weighted by molar-refractivity contribution is 0.414. The Morgan fingerprint density at radius 2 is 1.84 bits per heavy atom. The van der Waals surface area contributed by atoms with Gasteiger partial charge in [-0.3, -0.25) is 0 Å². The normalized spacial score (nSPS) is 12.2. The van der Waals surface area contributed by atoms with Crippen LogP contribution >= 0.6 is 34.2 Å². The van der Waals surface area contributed by atoms with Crippen molar-refractivity contribution in [3.05, 3.63) is 62.7 Å². The smallest absolute Gasteiger partial charge is 0.118 e. The molecule has 0 aliphatic carbocycles. The molecule has 0 aliphatic rings. The van der Waals surface area contributed by atoms with E-state index in [1.165, 1.54) is 20.3 Å². The SMILES string of the molecule is COc1ccc(CC(Cl)c2cccc(C)c2I)cc1. The van der Waals surface area contributed by atoms with E-state index in [1.54, 1.807) is 7.11 Å². The van der Waals surface area contributed by atoms with Gasteiger partial charge < -0.3 is 4.74 Å². The predicted molar refractivity (Wildman–Crippen MR) is 89.2 cm³/mol. The molecule has 0 amide bonds. The van der Waals surface area contributed by atoms with Crippen LogP contribution < -0.4 is 4.74 Å². The molecule has 0 aromatic heterocycles. The van der Waals surface area contributed by atoms with Crippen LogP contribution in [0.25, 0.3) is 0 Å². The van der Waals surface area contributed by atoms with Crippen molar-refractivity contribution >= 4 is 34.2 Å². The lowest BCUT2D eigenvalue weighted by Crippen LogP contribution is -2.00. The Kier molecular flexibility index (Phi) is 5.11. The second-order valence-electron chi connectivity index (χ2n) is 4.50. The molecular weight excluding hydrogens is 371 g/mol. The van der Waals surface area contributed by atoms with Gasteiger partial charge in [-0.15, -0.1) is 11.6 Å². The summed E-state index contributed by atoms with van der Waals surface area (Å²) < 4.78 is 6.42. The quantitative estimate of drug-likeness (QED) is 0.523. The van der Waals surface area contributed by atoms with Gasteiger partial charge in [-0.05, 0) is 64.8 Å². The van der Waals surface area contributed by atoms with Crippen molar-refractivity contribution in [2.45, 2.75) is 18.7 Å². The molecule has 0 saturated heterocycles. The number of rotatable bonds is 4. The van der Waals surface area contributed by atoms with Gasteiger partial charge in [0.1, 0.15) is 5.75 Å². The number of ether oxygens (including phenoxy) is 1. The minimum atomic E-state index is 0.000180. The summed E-state index contributed by atoms with van der Waals surface area (Å²) in [5.74, 6) is 0.875. The zero-order valence-corrected chi connectivity index (χ0v) is 13.9. The third-order valence-corrected chi connectivity index (χ3v) is 5.00. The van der Waals surface area contributed by atoms with Crippen LogP contribution in [0.2, 0.25) is 0 Å². The largest absolute Gasteiger partial charge is 0.497 e. The molecule has 1 unspecified atom stereocenters. The highest BCUT2D eigenvalue weighted by atomic mass is 127. The number of methoxy groups -OCH3 is 1. The molecule has 0 saturated carbocycles. The van der Waals surface area contributed by atoms with E-state index < -0.39 is 0 Å². The van der Waals surface area contributed by atoms with Gasteiger partial charge in [0.2, 0.25) is 0 Å². The summed E-state index contributed by atoms with van der Waals surface area (Å²) in [6, 6.07) is 14.4. The molecule has 0 spiro atoms. The van der Waals surface area contributed by atoms with Crippen LogP contribution in [0.5, 0.6) is 5.75 Å². The first kappa shape index (κ1) is 14.7. The number of benzene rings is 2. The zero-order chi connectivity index (χ0) is 13.8. The summed E-state index contributed by atoms with van der Waals surface area (Å²) >= 11 is 8.93. The van der Waals surface area contributed by atoms with Gasteiger partial charge in [0.25, 0.3) is 0 Å². The molecule has 2 aromatic rings. The molecule has 2 aromatic carbocycles. The number of hydrogen-bond donors (Lipinski definition) is 0. The Bertz CT molecular complexity index is 551. The van der Waals surface area contributed by atoms with Crippen molar-refractivity contribution in [2.24, 2.45) is 0 Å². The summed E-state index contributed by atoms with van der Waals surface area (Å²) in [6.45, 7) is 2.11. The van der Waals surface area contributed by atoms with Gasteiger partial charge in [-0.25, -0.2) is 0 Å². The molecule has 2 rings (SSSR count). The van der Waals surface area contributed by atoms with Crippen molar-refractivity contribution in [2.75, 3.05) is 7.11 Å². The van der Waals surface area contributed by atoms with Crippen LogP contribution in [0.1, 0.15) is 22.1 Å². The minimum Gasteiger partial charge on any atom is -0.497 e. The summed E-state index contributed by atoms with van der Waals surface area (Å²) in [7, 11) is 1.68. The van der Waals surface area contributed by atoms with Crippen molar-refractivity contribution in [3.8, 4) is 5.75 Å². The van der Waals surface area contributed by atoms with Crippen LogP contribution in [-0.4, -0.2) is 7.11 Å². The summed E-state index contributed by atoms with van der Waals surface area (Å²) in [6.07, 6.45) is 0.824. The van der Waals surface area contributed by atoms with Crippen LogP contribution in [0.3, 0.4) is 0 Å². The molecule has 0 aliphatic heterocycles. The van der Waals surface area contributed by atoms with Crippen LogP contribution in [0.4, 0.5) is 0 Å². The average molecular weight is 387 g/mol. The molecule has 19 heavy (non-hydrogen) atoms. The molecular formula is C16H16ClIO. The van der Waals surface area contributed by atoms with Crippen molar-refractivity contribution in [1.82, 2.24) is 0 Å². The van der Waals surface area contributed by atoms with E-state index in [9.17, 15) is 0 Å². The van der Waals surface area contributed by atoms with Crippen LogP contribution in [-0.2, 0) is 6.42 Å². The number of aryl methyl sites for hydroxylation is 1. The van der Waals surface area contributed by atoms with E-state index in [0.717, 1.165) is 12.2 Å². The van der Waals surface area contributed by atoms with Crippen molar-refractivity contribution in [3.63, 3.8) is 0 Å². The fraction of sp³-hybridized carbons (Fsp3) is 0.250. The maximum absolute atomic E-state index is 6.56. The van der Waals surface area contributed by atoms with E-state index in [-0.39, 0.29) is 5.38 Å². The topological polar surface area (TPSA) is 9.23 Å². The van der Waals surface area contributed by atoms with Gasteiger partial charge >= 0.3 is 0 Å². The molecule has 0 bridgehead atoms. The monoisotopic (exact) mass is 386 g/mol. The summed E-state index contributed by atoms with van der Waals surface area (Å²) in [4.78, 5) is 0. The molecule has 1 nitrogen and oxygen atoms in total. The lowest BCUT2D eigenvalue weighted by Gasteiger charge is -2.14. The van der Waals surface area contributed by atoms with Gasteiger partial charge in [-0.2, -0.15) is 0 Å². The first-order valence-electron chi connectivity index (χ1n) is 6.14. The van der Waals surface area contributed by atoms with E-state index in [1.807, 2.05) is 12.1 Å². The van der Waals surface area contributed by atoms with E-state index in [0.29, 0.717) is 0 Å². The van der Waals surface area contributed by atoms with E-state index >= 15 is 0 Å². The second-order valence-corrected chi connectivity index (χ2v) is 6.10. The van der Waals surface area contributed by atoms with E-state index in [2.05, 4.69) is 59.8 Å². The van der Waals surface area contributed by atoms with Gasteiger partial charge in [0, 0.05) is 3.57 Å². The van der Waals surface area contributed by atoms with Crippen molar-refractivity contribution < 1.29 is 4.74 Å². The number of alkyl halides is 1. The molecule has 0 N–H and O–H groups in total. The fourth-order valence-electron chi connectivity index (χ4n) is 1.99. The average Bonchev–Trinajstić information content (AvgIpc) is 2.42. The molecule has 3 heteroatoms. The first-order valence-corrected chi connectivity index (χ1v) is 7.65. The Morgan fingerprint density at radius 3 is 2.47 bits per heavy atom. The van der Waals surface area contributed by atoms with Crippen LogP contribution in [0, 0.1) is 10.5 Å². The predicted octanol–water partition coefficient (Wildman–Crippen LogP) is 5.13. The fourth-order valence-corrected chi connectivity index (χ4v) is 3.27. The maximum atomic E-state index is 6.56. The Morgan fingerprint density at radius 1 is 1.16 bits per heavy atom. The third-order valence-electron chi connectivity index (χ3n) is 3.13. The van der Waals surface area contributed by atoms with Gasteiger partial charge in [0.15, 0.2) is 0 Å². The van der Waals surface area contributed by atoms with Gasteiger partial charge in [-0.1, -0.05) is 30.3 Å². The first-order chi connectivity index (χ1) is 9.11. The minimum absolute atomic E-state index is 0.000180. The maximum Gasteiger partial charge on any atom is 0.118 e.